The van der Waals surface area contributed by atoms with Gasteiger partial charge in [0, 0.05) is 0 Å². The SMILES string of the molecule is C[N-]C.C[N-]C.C[N-]C.[Sb+3]. The summed E-state index contributed by atoms with van der Waals surface area (Å²) in [5.41, 5.74) is 0. The van der Waals surface area contributed by atoms with Crippen molar-refractivity contribution in [2.24, 2.45) is 0 Å². The minimum atomic E-state index is 0. The molecule has 0 fully saturated rings. The van der Waals surface area contributed by atoms with Gasteiger partial charge in [-0.1, -0.05) is 0 Å². The van der Waals surface area contributed by atoms with Gasteiger partial charge in [0.05, 0.1) is 0 Å². The van der Waals surface area contributed by atoms with Gasteiger partial charge in [-0.3, -0.25) is 0 Å². The normalized spacial score (nSPS) is 5.40. The van der Waals surface area contributed by atoms with Crippen LogP contribution in [-0.2, 0) is 0 Å². The number of rotatable bonds is 0. The predicted octanol–water partition coefficient (Wildman–Crippen LogP) is 1.48. The van der Waals surface area contributed by atoms with Gasteiger partial charge >= 0.3 is 24.4 Å². The molecule has 0 spiro atoms. The molecule has 10 heavy (non-hydrogen) atoms. The van der Waals surface area contributed by atoms with Crippen molar-refractivity contribution in [1.29, 1.82) is 0 Å². The Labute approximate surface area is 82.8 Å². The minimum Gasteiger partial charge on any atom is -0.668 e. The van der Waals surface area contributed by atoms with E-state index in [0.717, 1.165) is 0 Å². The van der Waals surface area contributed by atoms with E-state index in [1.54, 1.807) is 42.3 Å². The molecule has 0 aliphatic rings. The Morgan fingerprint density at radius 2 is 0.500 bits per heavy atom. The third-order valence-electron chi connectivity index (χ3n) is 0. The van der Waals surface area contributed by atoms with Gasteiger partial charge in [-0.05, 0) is 0 Å². The molecule has 0 saturated carbocycles. The monoisotopic (exact) mass is 253 g/mol. The molecule has 0 aromatic heterocycles. The second kappa shape index (κ2) is 53.7. The smallest absolute Gasteiger partial charge is 0.668 e. The Hall–Kier alpha value is 0.698. The summed E-state index contributed by atoms with van der Waals surface area (Å²) in [6.07, 6.45) is 0. The molecule has 0 rings (SSSR count). The van der Waals surface area contributed by atoms with E-state index >= 15 is 0 Å². The van der Waals surface area contributed by atoms with E-state index < -0.39 is 0 Å². The van der Waals surface area contributed by atoms with Crippen molar-refractivity contribution in [3.8, 4) is 0 Å². The van der Waals surface area contributed by atoms with Gasteiger partial charge < -0.3 is 16.0 Å². The molecule has 0 N–H and O–H groups in total. The van der Waals surface area contributed by atoms with Gasteiger partial charge in [0.15, 0.2) is 0 Å². The average molecular weight is 254 g/mol. The van der Waals surface area contributed by atoms with Crippen LogP contribution in [0.25, 0.3) is 16.0 Å². The van der Waals surface area contributed by atoms with E-state index in [2.05, 4.69) is 16.0 Å². The zero-order valence-corrected chi connectivity index (χ0v) is 10.3. The topological polar surface area (TPSA) is 42.3 Å². The van der Waals surface area contributed by atoms with Gasteiger partial charge in [0.2, 0.25) is 0 Å². The van der Waals surface area contributed by atoms with Crippen molar-refractivity contribution >= 4 is 24.4 Å². The van der Waals surface area contributed by atoms with E-state index in [1.165, 1.54) is 0 Å². The van der Waals surface area contributed by atoms with Gasteiger partial charge in [-0.25, -0.2) is 0 Å². The molecule has 0 aliphatic heterocycles. The Bertz CT molecular complexity index is 17.7. The van der Waals surface area contributed by atoms with E-state index in [1.807, 2.05) is 0 Å². The van der Waals surface area contributed by atoms with Crippen LogP contribution in [0.1, 0.15) is 0 Å². The van der Waals surface area contributed by atoms with Gasteiger partial charge in [-0.2, -0.15) is 42.3 Å². The summed E-state index contributed by atoms with van der Waals surface area (Å²) in [4.78, 5) is 0. The quantitative estimate of drug-likeness (QED) is 0.587. The van der Waals surface area contributed by atoms with Crippen LogP contribution in [0.2, 0.25) is 0 Å². The molecule has 4 heteroatoms. The predicted molar refractivity (Wildman–Crippen MR) is 51.4 cm³/mol. The van der Waals surface area contributed by atoms with Crippen molar-refractivity contribution < 1.29 is 0 Å². The molecular weight excluding hydrogens is 236 g/mol. The summed E-state index contributed by atoms with van der Waals surface area (Å²) < 4.78 is 0. The van der Waals surface area contributed by atoms with Crippen LogP contribution >= 0.6 is 0 Å². The van der Waals surface area contributed by atoms with Crippen molar-refractivity contribution in [2.45, 2.75) is 0 Å². The Morgan fingerprint density at radius 1 is 0.500 bits per heavy atom. The molecule has 3 nitrogen and oxygen atoms in total. The molecule has 2 radical (unpaired) electrons. The maximum Gasteiger partial charge on any atom is 3.00 e. The molecule has 0 bridgehead atoms. The summed E-state index contributed by atoms with van der Waals surface area (Å²) in [6.45, 7) is 0. The second-order valence-corrected chi connectivity index (χ2v) is 1.34. The first kappa shape index (κ1) is 22.4. The second-order valence-electron chi connectivity index (χ2n) is 1.34. The zero-order chi connectivity index (χ0) is 8.12. The van der Waals surface area contributed by atoms with E-state index in [0.29, 0.717) is 0 Å². The van der Waals surface area contributed by atoms with Gasteiger partial charge in [0.1, 0.15) is 0 Å². The fraction of sp³-hybridized carbons (Fsp3) is 1.00. The van der Waals surface area contributed by atoms with E-state index in [9.17, 15) is 0 Å². The Balaban J connectivity index is -0.0000000257. The third-order valence-corrected chi connectivity index (χ3v) is 0. The first-order valence-electron chi connectivity index (χ1n) is 2.68. The molecule has 0 aromatic rings. The van der Waals surface area contributed by atoms with Crippen molar-refractivity contribution in [1.82, 2.24) is 0 Å². The molecule has 0 aromatic carbocycles. The van der Waals surface area contributed by atoms with Crippen LogP contribution in [0.3, 0.4) is 0 Å². The first-order chi connectivity index (χ1) is 4.24. The van der Waals surface area contributed by atoms with Crippen molar-refractivity contribution in [3.63, 3.8) is 0 Å². The molecule has 0 atom stereocenters. The summed E-state index contributed by atoms with van der Waals surface area (Å²) in [5, 5.41) is 10.5. The van der Waals surface area contributed by atoms with Gasteiger partial charge in [0.25, 0.3) is 0 Å². The molecule has 0 heterocycles. The maximum atomic E-state index is 3.50. The van der Waals surface area contributed by atoms with Crippen LogP contribution in [0, 0.1) is 0 Å². The number of hydrogen-bond donors (Lipinski definition) is 0. The van der Waals surface area contributed by atoms with Crippen molar-refractivity contribution in [2.75, 3.05) is 42.3 Å². The molecule has 0 amide bonds. The third kappa shape index (κ3) is 1060. The Morgan fingerprint density at radius 3 is 0.500 bits per heavy atom. The first-order valence-corrected chi connectivity index (χ1v) is 2.68. The fourth-order valence-corrected chi connectivity index (χ4v) is 0. The average Bonchev–Trinajstić information content (AvgIpc) is 1.70. The van der Waals surface area contributed by atoms with Crippen LogP contribution in [0.4, 0.5) is 0 Å². The number of nitrogens with zero attached hydrogens (tertiary/aromatic N) is 3. The fourth-order valence-electron chi connectivity index (χ4n) is 0. The molecule has 0 aliphatic carbocycles. The van der Waals surface area contributed by atoms with Crippen LogP contribution < -0.4 is 0 Å². The van der Waals surface area contributed by atoms with E-state index in [-0.39, 0.29) is 24.4 Å². The zero-order valence-electron chi connectivity index (χ0n) is 7.79. The molecular formula is C6H18N3Sb. The van der Waals surface area contributed by atoms with Crippen molar-refractivity contribution in [3.05, 3.63) is 16.0 Å². The Kier molecular flexibility index (Phi) is 120. The van der Waals surface area contributed by atoms with Crippen LogP contribution in [0.15, 0.2) is 0 Å². The molecule has 0 saturated heterocycles. The largest absolute Gasteiger partial charge is 3.00 e. The summed E-state index contributed by atoms with van der Waals surface area (Å²) in [6, 6.07) is 0. The van der Waals surface area contributed by atoms with Crippen LogP contribution in [0.5, 0.6) is 0 Å². The summed E-state index contributed by atoms with van der Waals surface area (Å²) in [7, 11) is 10.5. The minimum absolute atomic E-state index is 0. The van der Waals surface area contributed by atoms with Gasteiger partial charge in [-0.15, -0.1) is 0 Å². The maximum absolute atomic E-state index is 3.50. The molecule has 62 valence electrons. The van der Waals surface area contributed by atoms with Crippen LogP contribution in [-0.4, -0.2) is 66.7 Å². The molecule has 0 unspecified atom stereocenters. The standard InChI is InChI=1S/3C2H6N.Sb/c3*1-3-2;/h3*1-2H3;/q3*-1;+3. The summed E-state index contributed by atoms with van der Waals surface area (Å²) in [5.74, 6) is 0. The summed E-state index contributed by atoms with van der Waals surface area (Å²) >= 11 is 0. The number of hydrogen-bond acceptors (Lipinski definition) is 0. The van der Waals surface area contributed by atoms with E-state index in [4.69, 9.17) is 0 Å².